The molecular weight excluding hydrogens is 238 g/mol. The number of methoxy groups -OCH3 is 1. The van der Waals surface area contributed by atoms with Gasteiger partial charge in [-0.3, -0.25) is 9.88 Å². The first kappa shape index (κ1) is 14.3. The average Bonchev–Trinajstić information content (AvgIpc) is 2.43. The summed E-state index contributed by atoms with van der Waals surface area (Å²) in [4.78, 5) is 7.07. The van der Waals surface area contributed by atoms with Crippen molar-refractivity contribution in [3.8, 4) is 5.75 Å². The van der Waals surface area contributed by atoms with E-state index in [4.69, 9.17) is 4.74 Å². The van der Waals surface area contributed by atoms with Crippen molar-refractivity contribution in [1.29, 1.82) is 0 Å². The Balaban J connectivity index is 2.04. The van der Waals surface area contributed by atoms with Crippen molar-refractivity contribution in [2.75, 3.05) is 27.2 Å². The maximum Gasteiger partial charge on any atom is 0.128 e. The molecule has 1 aliphatic rings. The molecular formula is C15H25N3O. The lowest BCUT2D eigenvalue weighted by Gasteiger charge is -2.31. The van der Waals surface area contributed by atoms with Crippen LogP contribution in [0.3, 0.4) is 0 Å². The summed E-state index contributed by atoms with van der Waals surface area (Å²) in [6.45, 7) is 7.36. The smallest absolute Gasteiger partial charge is 0.128 e. The maximum absolute atomic E-state index is 5.47. The van der Waals surface area contributed by atoms with E-state index in [0.29, 0.717) is 6.04 Å². The first-order valence-electron chi connectivity index (χ1n) is 7.04. The van der Waals surface area contributed by atoms with Gasteiger partial charge in [0.25, 0.3) is 0 Å². The topological polar surface area (TPSA) is 37.4 Å². The minimum atomic E-state index is 0.679. The number of nitrogens with zero attached hydrogens (tertiary/aromatic N) is 2. The van der Waals surface area contributed by atoms with Gasteiger partial charge in [0.1, 0.15) is 5.75 Å². The lowest BCUT2D eigenvalue weighted by atomic mass is 10.0. The summed E-state index contributed by atoms with van der Waals surface area (Å²) in [7, 11) is 3.79. The molecule has 0 aliphatic carbocycles. The van der Waals surface area contributed by atoms with Gasteiger partial charge in [-0.15, -0.1) is 0 Å². The van der Waals surface area contributed by atoms with E-state index in [1.807, 2.05) is 13.1 Å². The third-order valence-corrected chi connectivity index (χ3v) is 4.12. The number of rotatable bonds is 4. The minimum absolute atomic E-state index is 0.679. The van der Waals surface area contributed by atoms with E-state index < -0.39 is 0 Å². The van der Waals surface area contributed by atoms with Crippen LogP contribution in [-0.4, -0.2) is 43.2 Å². The summed E-state index contributed by atoms with van der Waals surface area (Å²) in [6.07, 6.45) is 4.36. The zero-order chi connectivity index (χ0) is 13.8. The quantitative estimate of drug-likeness (QED) is 0.900. The van der Waals surface area contributed by atoms with Crippen LogP contribution in [0.25, 0.3) is 0 Å². The Bertz CT molecular complexity index is 426. The number of likely N-dealkylation sites (tertiary alicyclic amines) is 1. The molecule has 19 heavy (non-hydrogen) atoms. The number of aryl methyl sites for hydroxylation is 1. The molecule has 0 atom stereocenters. The molecule has 1 aliphatic heterocycles. The molecule has 4 nitrogen and oxygen atoms in total. The number of aromatic nitrogens is 1. The molecule has 1 aromatic heterocycles. The molecule has 0 saturated carbocycles. The second kappa shape index (κ2) is 6.35. The molecule has 4 heteroatoms. The Morgan fingerprint density at radius 2 is 2.05 bits per heavy atom. The van der Waals surface area contributed by atoms with Crippen LogP contribution in [-0.2, 0) is 6.54 Å². The van der Waals surface area contributed by atoms with Gasteiger partial charge in [0.15, 0.2) is 0 Å². The average molecular weight is 263 g/mol. The van der Waals surface area contributed by atoms with Gasteiger partial charge in [0.05, 0.1) is 12.8 Å². The second-order valence-corrected chi connectivity index (χ2v) is 5.39. The predicted octanol–water partition coefficient (Wildman–Crippen LogP) is 1.89. The normalized spacial score (nSPS) is 17.7. The molecule has 1 fully saturated rings. The van der Waals surface area contributed by atoms with Crippen LogP contribution in [0.2, 0.25) is 0 Å². The van der Waals surface area contributed by atoms with Gasteiger partial charge >= 0.3 is 0 Å². The monoisotopic (exact) mass is 263 g/mol. The Morgan fingerprint density at radius 3 is 2.63 bits per heavy atom. The van der Waals surface area contributed by atoms with E-state index >= 15 is 0 Å². The number of hydrogen-bond donors (Lipinski definition) is 1. The van der Waals surface area contributed by atoms with Crippen molar-refractivity contribution in [2.24, 2.45) is 0 Å². The zero-order valence-corrected chi connectivity index (χ0v) is 12.5. The first-order chi connectivity index (χ1) is 9.15. The van der Waals surface area contributed by atoms with Crippen LogP contribution in [0.15, 0.2) is 6.20 Å². The van der Waals surface area contributed by atoms with E-state index in [1.54, 1.807) is 7.11 Å². The number of nitrogens with one attached hydrogen (secondary N) is 1. The largest absolute Gasteiger partial charge is 0.496 e. The molecule has 2 heterocycles. The van der Waals surface area contributed by atoms with Gasteiger partial charge in [-0.1, -0.05) is 0 Å². The van der Waals surface area contributed by atoms with Crippen molar-refractivity contribution in [1.82, 2.24) is 15.2 Å². The Hall–Kier alpha value is -1.13. The molecule has 1 saturated heterocycles. The van der Waals surface area contributed by atoms with Crippen LogP contribution >= 0.6 is 0 Å². The molecule has 2 rings (SSSR count). The van der Waals surface area contributed by atoms with E-state index in [0.717, 1.165) is 36.6 Å². The zero-order valence-electron chi connectivity index (χ0n) is 12.5. The summed E-state index contributed by atoms with van der Waals surface area (Å²) < 4.78 is 5.47. The van der Waals surface area contributed by atoms with Crippen molar-refractivity contribution < 1.29 is 4.74 Å². The van der Waals surface area contributed by atoms with Gasteiger partial charge in [0, 0.05) is 43.0 Å². The van der Waals surface area contributed by atoms with Crippen molar-refractivity contribution >= 4 is 0 Å². The van der Waals surface area contributed by atoms with Gasteiger partial charge in [0.2, 0.25) is 0 Å². The van der Waals surface area contributed by atoms with E-state index in [9.17, 15) is 0 Å². The predicted molar refractivity (Wildman–Crippen MR) is 77.6 cm³/mol. The third kappa shape index (κ3) is 3.25. The number of pyridine rings is 1. The molecule has 0 spiro atoms. The van der Waals surface area contributed by atoms with Crippen LogP contribution in [0.4, 0.5) is 0 Å². The molecule has 1 N–H and O–H groups in total. The van der Waals surface area contributed by atoms with Crippen molar-refractivity contribution in [3.63, 3.8) is 0 Å². The number of ether oxygens (including phenoxy) is 1. The van der Waals surface area contributed by atoms with E-state index in [-0.39, 0.29) is 0 Å². The Labute approximate surface area is 116 Å². The van der Waals surface area contributed by atoms with Crippen LogP contribution in [0.1, 0.15) is 29.7 Å². The van der Waals surface area contributed by atoms with Crippen LogP contribution in [0.5, 0.6) is 5.75 Å². The summed E-state index contributed by atoms with van der Waals surface area (Å²) in [6, 6.07) is 0.679. The summed E-state index contributed by atoms with van der Waals surface area (Å²) in [5.74, 6) is 0.982. The minimum Gasteiger partial charge on any atom is -0.496 e. The summed E-state index contributed by atoms with van der Waals surface area (Å²) >= 11 is 0. The molecule has 0 amide bonds. The fourth-order valence-corrected chi connectivity index (χ4v) is 2.82. The van der Waals surface area contributed by atoms with Gasteiger partial charge < -0.3 is 10.1 Å². The Kier molecular flexibility index (Phi) is 4.77. The number of hydrogen-bond acceptors (Lipinski definition) is 4. The SMILES string of the molecule is CNC1CCN(Cc2ncc(C)c(OC)c2C)CC1. The molecule has 106 valence electrons. The van der Waals surface area contributed by atoms with Crippen molar-refractivity contribution in [3.05, 3.63) is 23.0 Å². The summed E-state index contributed by atoms with van der Waals surface area (Å²) in [5, 5.41) is 3.36. The lowest BCUT2D eigenvalue weighted by Crippen LogP contribution is -2.40. The van der Waals surface area contributed by atoms with Gasteiger partial charge in [-0.25, -0.2) is 0 Å². The highest BCUT2D eigenvalue weighted by molar-refractivity contribution is 5.41. The standard InChI is InChI=1S/C15H25N3O/c1-11-9-17-14(12(2)15(11)19-4)10-18-7-5-13(16-3)6-8-18/h9,13,16H,5-8,10H2,1-4H3. The summed E-state index contributed by atoms with van der Waals surface area (Å²) in [5.41, 5.74) is 3.43. The van der Waals surface area contributed by atoms with E-state index in [1.165, 1.54) is 18.4 Å². The molecule has 0 bridgehead atoms. The first-order valence-corrected chi connectivity index (χ1v) is 7.04. The highest BCUT2D eigenvalue weighted by Gasteiger charge is 2.19. The maximum atomic E-state index is 5.47. The highest BCUT2D eigenvalue weighted by Crippen LogP contribution is 2.25. The van der Waals surface area contributed by atoms with E-state index in [2.05, 4.69) is 29.2 Å². The molecule has 0 radical (unpaired) electrons. The Morgan fingerprint density at radius 1 is 1.37 bits per heavy atom. The van der Waals surface area contributed by atoms with Gasteiger partial charge in [-0.2, -0.15) is 0 Å². The van der Waals surface area contributed by atoms with Gasteiger partial charge in [-0.05, 0) is 33.7 Å². The van der Waals surface area contributed by atoms with Crippen LogP contribution in [0, 0.1) is 13.8 Å². The molecule has 1 aromatic rings. The second-order valence-electron chi connectivity index (χ2n) is 5.39. The third-order valence-electron chi connectivity index (χ3n) is 4.12. The fraction of sp³-hybridized carbons (Fsp3) is 0.667. The molecule has 0 unspecified atom stereocenters. The lowest BCUT2D eigenvalue weighted by molar-refractivity contribution is 0.192. The van der Waals surface area contributed by atoms with Crippen LogP contribution < -0.4 is 10.1 Å². The fourth-order valence-electron chi connectivity index (χ4n) is 2.82. The highest BCUT2D eigenvalue weighted by atomic mass is 16.5. The molecule has 0 aromatic carbocycles. The number of piperidine rings is 1. The van der Waals surface area contributed by atoms with Crippen molar-refractivity contribution in [2.45, 2.75) is 39.3 Å².